The van der Waals surface area contributed by atoms with Gasteiger partial charge in [-0.05, 0) is 43.7 Å². The maximum Gasteiger partial charge on any atom is 0.332 e. The molecule has 1 saturated heterocycles. The second-order valence-corrected chi connectivity index (χ2v) is 8.08. The summed E-state index contributed by atoms with van der Waals surface area (Å²) >= 11 is 0. The molecule has 0 unspecified atom stereocenters. The summed E-state index contributed by atoms with van der Waals surface area (Å²) in [5.41, 5.74) is 1.93. The second kappa shape index (κ2) is 9.27. The number of hydrogen-bond donors (Lipinski definition) is 1. The van der Waals surface area contributed by atoms with Gasteiger partial charge in [0.15, 0.2) is 0 Å². The highest BCUT2D eigenvalue weighted by Gasteiger charge is 2.24. The fourth-order valence-electron chi connectivity index (χ4n) is 4.01. The Bertz CT molecular complexity index is 1220. The van der Waals surface area contributed by atoms with Gasteiger partial charge in [-0.3, -0.25) is 33.6 Å². The van der Waals surface area contributed by atoms with Crippen LogP contribution in [0.25, 0.3) is 11.3 Å². The summed E-state index contributed by atoms with van der Waals surface area (Å²) in [7, 11) is 2.93. The lowest BCUT2D eigenvalue weighted by atomic mass is 9.94. The van der Waals surface area contributed by atoms with E-state index in [9.17, 15) is 14.4 Å². The molecule has 1 aliphatic rings. The van der Waals surface area contributed by atoms with E-state index in [1.807, 2.05) is 36.5 Å². The molecule has 0 aliphatic carbocycles. The van der Waals surface area contributed by atoms with Crippen molar-refractivity contribution in [1.29, 1.82) is 0 Å². The van der Waals surface area contributed by atoms with E-state index in [1.165, 1.54) is 24.7 Å². The number of hydrogen-bond acceptors (Lipinski definition) is 6. The van der Waals surface area contributed by atoms with Crippen molar-refractivity contribution >= 4 is 11.7 Å². The first-order chi connectivity index (χ1) is 15.4. The van der Waals surface area contributed by atoms with Gasteiger partial charge < -0.3 is 5.32 Å². The average molecular weight is 435 g/mol. The number of piperidine rings is 1. The van der Waals surface area contributed by atoms with Crippen molar-refractivity contribution in [2.24, 2.45) is 14.1 Å². The molecule has 0 spiro atoms. The van der Waals surface area contributed by atoms with Crippen molar-refractivity contribution in [2.45, 2.75) is 18.8 Å². The number of anilines is 1. The molecule has 1 N–H and O–H groups in total. The zero-order valence-electron chi connectivity index (χ0n) is 18.2. The monoisotopic (exact) mass is 434 g/mol. The molecule has 1 amide bonds. The maximum atomic E-state index is 12.6. The molecule has 9 nitrogen and oxygen atoms in total. The zero-order chi connectivity index (χ0) is 22.7. The van der Waals surface area contributed by atoms with E-state index >= 15 is 0 Å². The summed E-state index contributed by atoms with van der Waals surface area (Å²) in [6.07, 6.45) is 5.58. The van der Waals surface area contributed by atoms with Crippen LogP contribution in [0.3, 0.4) is 0 Å². The maximum absolute atomic E-state index is 12.6. The smallest absolute Gasteiger partial charge is 0.311 e. The fourth-order valence-corrected chi connectivity index (χ4v) is 4.01. The van der Waals surface area contributed by atoms with Crippen molar-refractivity contribution in [3.8, 4) is 11.3 Å². The van der Waals surface area contributed by atoms with Crippen LogP contribution in [0.2, 0.25) is 0 Å². The third-order valence-electron chi connectivity index (χ3n) is 5.83. The number of likely N-dealkylation sites (tertiary alicyclic amines) is 1. The molecule has 0 aromatic carbocycles. The molecular weight excluding hydrogens is 408 g/mol. The largest absolute Gasteiger partial charge is 0.332 e. The van der Waals surface area contributed by atoms with Gasteiger partial charge in [0, 0.05) is 56.3 Å². The van der Waals surface area contributed by atoms with Gasteiger partial charge >= 0.3 is 5.69 Å². The highest BCUT2D eigenvalue weighted by Crippen LogP contribution is 2.26. The molecule has 166 valence electrons. The van der Waals surface area contributed by atoms with Gasteiger partial charge in [-0.2, -0.15) is 0 Å². The highest BCUT2D eigenvalue weighted by atomic mass is 16.2. The van der Waals surface area contributed by atoms with Crippen LogP contribution in [-0.2, 0) is 18.9 Å². The molecule has 0 saturated carbocycles. The predicted octanol–water partition coefficient (Wildman–Crippen LogP) is 1.36. The van der Waals surface area contributed by atoms with Gasteiger partial charge in [-0.1, -0.05) is 6.07 Å². The van der Waals surface area contributed by atoms with Crippen LogP contribution in [0, 0.1) is 0 Å². The Morgan fingerprint density at radius 1 is 1.12 bits per heavy atom. The van der Waals surface area contributed by atoms with Crippen molar-refractivity contribution in [1.82, 2.24) is 24.0 Å². The Morgan fingerprint density at radius 2 is 1.97 bits per heavy atom. The second-order valence-electron chi connectivity index (χ2n) is 8.08. The molecular formula is C23H26N6O3. The van der Waals surface area contributed by atoms with Crippen LogP contribution in [0.4, 0.5) is 5.82 Å². The molecule has 0 bridgehead atoms. The van der Waals surface area contributed by atoms with Crippen LogP contribution in [-0.4, -0.2) is 49.5 Å². The van der Waals surface area contributed by atoms with Crippen molar-refractivity contribution in [2.75, 3.05) is 25.0 Å². The number of nitrogens with zero attached hydrogens (tertiary/aromatic N) is 5. The number of carbonyl (C=O) groups excluding carboxylic acids is 1. The number of carbonyl (C=O) groups is 1. The van der Waals surface area contributed by atoms with E-state index in [-0.39, 0.29) is 24.2 Å². The molecule has 1 fully saturated rings. The molecule has 3 aromatic heterocycles. The third-order valence-corrected chi connectivity index (χ3v) is 5.83. The zero-order valence-corrected chi connectivity index (χ0v) is 18.2. The predicted molar refractivity (Wildman–Crippen MR) is 121 cm³/mol. The molecule has 1 atom stereocenters. The number of rotatable bonds is 5. The molecule has 3 aromatic rings. The van der Waals surface area contributed by atoms with Gasteiger partial charge in [0.25, 0.3) is 5.56 Å². The number of pyridine rings is 2. The lowest BCUT2D eigenvalue weighted by molar-refractivity contribution is -0.117. The Hall–Kier alpha value is -3.59. The Morgan fingerprint density at radius 3 is 2.69 bits per heavy atom. The lowest BCUT2D eigenvalue weighted by Gasteiger charge is -2.32. The van der Waals surface area contributed by atoms with Crippen molar-refractivity contribution in [3.05, 3.63) is 75.3 Å². The summed E-state index contributed by atoms with van der Waals surface area (Å²) in [4.78, 5) is 47.6. The number of nitrogens with one attached hydrogen (secondary N) is 1. The van der Waals surface area contributed by atoms with E-state index in [4.69, 9.17) is 0 Å². The topological polar surface area (TPSA) is 102 Å². The summed E-state index contributed by atoms with van der Waals surface area (Å²) in [6, 6.07) is 11.1. The Balaban J connectivity index is 1.40. The standard InChI is InChI=1S/C23H26N6O3/c1-27-20(12-22(31)28(2)23(27)32)26-21(30)15-29-11-5-6-17(14-29)19-9-8-16(13-25-19)18-7-3-4-10-24-18/h3-4,7-10,12-13,17H,5-6,11,14-15H2,1-2H3,(H,26,30)/t17-/m1/s1. The normalized spacial score (nSPS) is 16.6. The van der Waals surface area contributed by atoms with E-state index in [0.29, 0.717) is 0 Å². The van der Waals surface area contributed by atoms with Gasteiger partial charge in [0.05, 0.1) is 12.2 Å². The van der Waals surface area contributed by atoms with Crippen LogP contribution >= 0.6 is 0 Å². The van der Waals surface area contributed by atoms with E-state index in [0.717, 1.165) is 47.4 Å². The first kappa shape index (κ1) is 21.6. The highest BCUT2D eigenvalue weighted by molar-refractivity contribution is 5.91. The quantitative estimate of drug-likeness (QED) is 0.651. The van der Waals surface area contributed by atoms with Crippen LogP contribution < -0.4 is 16.6 Å². The van der Waals surface area contributed by atoms with Gasteiger partial charge in [-0.15, -0.1) is 0 Å². The lowest BCUT2D eigenvalue weighted by Crippen LogP contribution is -2.42. The molecule has 1 aliphatic heterocycles. The van der Waals surface area contributed by atoms with Crippen molar-refractivity contribution in [3.63, 3.8) is 0 Å². The minimum atomic E-state index is -0.480. The molecule has 4 heterocycles. The van der Waals surface area contributed by atoms with E-state index in [1.54, 1.807) is 6.20 Å². The number of amides is 1. The summed E-state index contributed by atoms with van der Waals surface area (Å²) in [6.45, 7) is 1.72. The van der Waals surface area contributed by atoms with Crippen molar-refractivity contribution < 1.29 is 4.79 Å². The Labute approximate surface area is 185 Å². The summed E-state index contributed by atoms with van der Waals surface area (Å²) < 4.78 is 2.25. The number of aromatic nitrogens is 4. The minimum absolute atomic E-state index is 0.186. The van der Waals surface area contributed by atoms with Crippen LogP contribution in [0.15, 0.2) is 58.4 Å². The van der Waals surface area contributed by atoms with Gasteiger partial charge in [0.1, 0.15) is 5.82 Å². The first-order valence-corrected chi connectivity index (χ1v) is 10.6. The third kappa shape index (κ3) is 4.67. The molecule has 4 rings (SSSR count). The van der Waals surface area contributed by atoms with E-state index < -0.39 is 11.2 Å². The van der Waals surface area contributed by atoms with Gasteiger partial charge in [-0.25, -0.2) is 4.79 Å². The van der Waals surface area contributed by atoms with Crippen LogP contribution in [0.5, 0.6) is 0 Å². The van der Waals surface area contributed by atoms with Gasteiger partial charge in [0.2, 0.25) is 5.91 Å². The van der Waals surface area contributed by atoms with Crippen LogP contribution in [0.1, 0.15) is 24.5 Å². The molecule has 9 heteroatoms. The summed E-state index contributed by atoms with van der Waals surface area (Å²) in [5.74, 6) is 0.179. The van der Waals surface area contributed by atoms with E-state index in [2.05, 4.69) is 20.2 Å². The fraction of sp³-hybridized carbons (Fsp3) is 0.348. The first-order valence-electron chi connectivity index (χ1n) is 10.6. The Kier molecular flexibility index (Phi) is 6.27. The SMILES string of the molecule is Cn1c(NC(=O)CN2CCC[C@@H](c3ccc(-c4ccccn4)cn3)C2)cc(=O)n(C)c1=O. The summed E-state index contributed by atoms with van der Waals surface area (Å²) in [5, 5.41) is 2.69. The molecule has 32 heavy (non-hydrogen) atoms. The minimum Gasteiger partial charge on any atom is -0.311 e. The average Bonchev–Trinajstić information content (AvgIpc) is 2.82. The molecule has 0 radical (unpaired) electrons.